The van der Waals surface area contributed by atoms with E-state index in [1.54, 1.807) is 24.3 Å². The first-order chi connectivity index (χ1) is 8.58. The molecule has 18 heavy (non-hydrogen) atoms. The average Bonchev–Trinajstić information content (AvgIpc) is 2.39. The topological polar surface area (TPSA) is 64.6 Å². The summed E-state index contributed by atoms with van der Waals surface area (Å²) in [5.74, 6) is -0.555. The summed E-state index contributed by atoms with van der Waals surface area (Å²) < 4.78 is 9.07. The molecule has 5 nitrogen and oxygen atoms in total. The zero-order valence-electron chi connectivity index (χ0n) is 10.1. The third-order valence-electron chi connectivity index (χ3n) is 2.35. The number of methoxy groups -OCH3 is 2. The first-order valence-electron chi connectivity index (χ1n) is 5.24. The van der Waals surface area contributed by atoms with Crippen LogP contribution in [-0.2, 0) is 20.7 Å². The Bertz CT molecular complexity index is 436. The van der Waals surface area contributed by atoms with Crippen molar-refractivity contribution in [2.24, 2.45) is 0 Å². The zero-order valence-corrected chi connectivity index (χ0v) is 10.9. The molecule has 1 N–H and O–H groups in total. The molecule has 0 aliphatic carbocycles. The van der Waals surface area contributed by atoms with Gasteiger partial charge in [0.05, 0.1) is 14.2 Å². The Hall–Kier alpha value is -1.75. The van der Waals surface area contributed by atoms with Gasteiger partial charge in [-0.3, -0.25) is 0 Å². The van der Waals surface area contributed by atoms with Crippen LogP contribution < -0.4 is 5.32 Å². The maximum absolute atomic E-state index is 11.5. The van der Waals surface area contributed by atoms with Crippen LogP contribution in [0.4, 0.5) is 4.79 Å². The van der Waals surface area contributed by atoms with Crippen LogP contribution in [0.3, 0.4) is 0 Å². The first-order valence-corrected chi connectivity index (χ1v) is 5.62. The quantitative estimate of drug-likeness (QED) is 0.848. The number of carbonyl (C=O) groups is 2. The molecule has 0 heterocycles. The van der Waals surface area contributed by atoms with Crippen molar-refractivity contribution in [1.82, 2.24) is 5.32 Å². The Morgan fingerprint density at radius 2 is 1.94 bits per heavy atom. The van der Waals surface area contributed by atoms with E-state index < -0.39 is 18.1 Å². The minimum atomic E-state index is -0.831. The highest BCUT2D eigenvalue weighted by Crippen LogP contribution is 2.17. The van der Waals surface area contributed by atoms with Gasteiger partial charge in [0.25, 0.3) is 0 Å². The van der Waals surface area contributed by atoms with Gasteiger partial charge in [0.1, 0.15) is 6.04 Å². The van der Waals surface area contributed by atoms with Crippen LogP contribution in [0.1, 0.15) is 5.56 Å². The molecular weight excluding hydrogens is 258 g/mol. The van der Waals surface area contributed by atoms with Crippen molar-refractivity contribution in [1.29, 1.82) is 0 Å². The molecule has 98 valence electrons. The summed E-state index contributed by atoms with van der Waals surface area (Å²) in [5.41, 5.74) is 0.742. The number of benzene rings is 1. The first kappa shape index (κ1) is 14.3. The molecule has 0 radical (unpaired) electrons. The lowest BCUT2D eigenvalue weighted by atomic mass is 10.1. The smallest absolute Gasteiger partial charge is 0.407 e. The van der Waals surface area contributed by atoms with Gasteiger partial charge in [-0.25, -0.2) is 9.59 Å². The third-order valence-corrected chi connectivity index (χ3v) is 2.71. The number of halogens is 1. The summed E-state index contributed by atoms with van der Waals surface area (Å²) in [6.45, 7) is 0. The van der Waals surface area contributed by atoms with Gasteiger partial charge >= 0.3 is 12.1 Å². The molecule has 1 atom stereocenters. The summed E-state index contributed by atoms with van der Waals surface area (Å²) in [5, 5.41) is 2.92. The van der Waals surface area contributed by atoms with Crippen molar-refractivity contribution < 1.29 is 19.1 Å². The molecular formula is C12H14ClNO4. The van der Waals surface area contributed by atoms with Gasteiger partial charge in [-0.05, 0) is 11.6 Å². The van der Waals surface area contributed by atoms with Crippen LogP contribution in [0.25, 0.3) is 0 Å². The molecule has 6 heteroatoms. The number of alkyl carbamates (subject to hydrolysis) is 1. The SMILES string of the molecule is COC(=O)NC(Cc1ccccc1Cl)C(=O)OC. The number of hydrogen-bond acceptors (Lipinski definition) is 4. The fourth-order valence-corrected chi connectivity index (χ4v) is 1.63. The number of amides is 1. The molecule has 1 amide bonds. The van der Waals surface area contributed by atoms with E-state index in [9.17, 15) is 9.59 Å². The van der Waals surface area contributed by atoms with Crippen LogP contribution in [0.5, 0.6) is 0 Å². The Labute approximate surface area is 110 Å². The van der Waals surface area contributed by atoms with Gasteiger partial charge in [0, 0.05) is 11.4 Å². The van der Waals surface area contributed by atoms with Gasteiger partial charge in [-0.2, -0.15) is 0 Å². The van der Waals surface area contributed by atoms with E-state index in [0.717, 1.165) is 5.56 Å². The monoisotopic (exact) mass is 271 g/mol. The van der Waals surface area contributed by atoms with Gasteiger partial charge in [0.2, 0.25) is 0 Å². The van der Waals surface area contributed by atoms with Crippen LogP contribution in [0.15, 0.2) is 24.3 Å². The van der Waals surface area contributed by atoms with Crippen molar-refractivity contribution in [3.05, 3.63) is 34.9 Å². The lowest BCUT2D eigenvalue weighted by Gasteiger charge is -2.16. The van der Waals surface area contributed by atoms with Crippen LogP contribution in [-0.4, -0.2) is 32.3 Å². The van der Waals surface area contributed by atoms with E-state index in [0.29, 0.717) is 5.02 Å². The molecule has 1 unspecified atom stereocenters. The van der Waals surface area contributed by atoms with E-state index in [2.05, 4.69) is 14.8 Å². The molecule has 0 spiro atoms. The number of ether oxygens (including phenoxy) is 2. The lowest BCUT2D eigenvalue weighted by molar-refractivity contribution is -0.142. The lowest BCUT2D eigenvalue weighted by Crippen LogP contribution is -2.43. The van der Waals surface area contributed by atoms with E-state index in [1.165, 1.54) is 14.2 Å². The predicted octanol–water partition coefficient (Wildman–Crippen LogP) is 1.78. The summed E-state index contributed by atoms with van der Waals surface area (Å²) >= 11 is 5.99. The number of hydrogen-bond donors (Lipinski definition) is 1. The second kappa shape index (κ2) is 6.86. The van der Waals surface area contributed by atoms with E-state index in [1.807, 2.05) is 0 Å². The maximum atomic E-state index is 11.5. The van der Waals surface area contributed by atoms with Gasteiger partial charge in [-0.1, -0.05) is 29.8 Å². The Balaban J connectivity index is 2.82. The molecule has 0 fully saturated rings. The van der Waals surface area contributed by atoms with Crippen molar-refractivity contribution in [2.45, 2.75) is 12.5 Å². The molecule has 0 bridgehead atoms. The summed E-state index contributed by atoms with van der Waals surface area (Å²) in [4.78, 5) is 22.7. The molecule has 1 aromatic rings. The van der Waals surface area contributed by atoms with Gasteiger partial charge in [0.15, 0.2) is 0 Å². The fraction of sp³-hybridized carbons (Fsp3) is 0.333. The highest BCUT2D eigenvalue weighted by molar-refractivity contribution is 6.31. The minimum absolute atomic E-state index is 0.238. The highest BCUT2D eigenvalue weighted by atomic mass is 35.5. The standard InChI is InChI=1S/C12H14ClNO4/c1-17-11(15)10(14-12(16)18-2)7-8-5-3-4-6-9(8)13/h3-6,10H,7H2,1-2H3,(H,14,16). The van der Waals surface area contributed by atoms with Crippen LogP contribution >= 0.6 is 11.6 Å². The molecule has 0 aromatic heterocycles. The Morgan fingerprint density at radius 3 is 2.50 bits per heavy atom. The largest absolute Gasteiger partial charge is 0.467 e. The van der Waals surface area contributed by atoms with Gasteiger partial charge < -0.3 is 14.8 Å². The van der Waals surface area contributed by atoms with Gasteiger partial charge in [-0.15, -0.1) is 0 Å². The molecule has 0 aliphatic rings. The Kier molecular flexibility index (Phi) is 5.45. The summed E-state index contributed by atoms with van der Waals surface area (Å²) in [7, 11) is 2.47. The van der Waals surface area contributed by atoms with E-state index in [4.69, 9.17) is 11.6 Å². The number of rotatable bonds is 4. The molecule has 0 saturated heterocycles. The normalized spacial score (nSPS) is 11.5. The van der Waals surface area contributed by atoms with Crippen LogP contribution in [0, 0.1) is 0 Å². The van der Waals surface area contributed by atoms with Crippen molar-refractivity contribution in [2.75, 3.05) is 14.2 Å². The third kappa shape index (κ3) is 3.92. The van der Waals surface area contributed by atoms with Crippen molar-refractivity contribution in [3.8, 4) is 0 Å². The number of carbonyl (C=O) groups excluding carboxylic acids is 2. The molecule has 0 saturated carbocycles. The van der Waals surface area contributed by atoms with E-state index in [-0.39, 0.29) is 6.42 Å². The summed E-state index contributed by atoms with van der Waals surface area (Å²) in [6.07, 6.45) is -0.459. The Morgan fingerprint density at radius 1 is 1.28 bits per heavy atom. The second-order valence-electron chi connectivity index (χ2n) is 3.51. The maximum Gasteiger partial charge on any atom is 0.407 e. The number of esters is 1. The highest BCUT2D eigenvalue weighted by Gasteiger charge is 2.23. The average molecular weight is 272 g/mol. The summed E-state index contributed by atoms with van der Waals surface area (Å²) in [6, 6.07) is 6.24. The zero-order chi connectivity index (χ0) is 13.5. The number of nitrogens with one attached hydrogen (secondary N) is 1. The molecule has 1 rings (SSSR count). The van der Waals surface area contributed by atoms with Crippen LogP contribution in [0.2, 0.25) is 5.02 Å². The fourth-order valence-electron chi connectivity index (χ4n) is 1.42. The minimum Gasteiger partial charge on any atom is -0.467 e. The predicted molar refractivity (Wildman–Crippen MR) is 66.5 cm³/mol. The second-order valence-corrected chi connectivity index (χ2v) is 3.91. The molecule has 0 aliphatic heterocycles. The van der Waals surface area contributed by atoms with E-state index >= 15 is 0 Å². The van der Waals surface area contributed by atoms with Crippen molar-refractivity contribution >= 4 is 23.7 Å². The van der Waals surface area contributed by atoms with Crippen molar-refractivity contribution in [3.63, 3.8) is 0 Å². The molecule has 1 aromatic carbocycles.